The highest BCUT2D eigenvalue weighted by Crippen LogP contribution is 2.00. The number of hydrogen-bond donors (Lipinski definition) is 0. The van der Waals surface area contributed by atoms with Crippen molar-refractivity contribution in [1.82, 2.24) is 4.57 Å². The summed E-state index contributed by atoms with van der Waals surface area (Å²) < 4.78 is 1.63. The van der Waals surface area contributed by atoms with Crippen LogP contribution in [0.5, 0.6) is 0 Å². The molecule has 0 spiro atoms. The summed E-state index contributed by atoms with van der Waals surface area (Å²) >= 11 is 0. The van der Waals surface area contributed by atoms with Gasteiger partial charge >= 0.3 is 0 Å². The van der Waals surface area contributed by atoms with Gasteiger partial charge in [-0.3, -0.25) is 9.59 Å². The second kappa shape index (κ2) is 2.70. The fraction of sp³-hybridized carbons (Fsp3) is 0.250. The summed E-state index contributed by atoms with van der Waals surface area (Å²) in [5.74, 6) is -0.857. The molecule has 0 saturated heterocycles. The molecule has 0 bridgehead atoms. The number of Topliss-reactive ketones (excluding diaryl/α,β-unsaturated/α-hetero) is 2. The Labute approximate surface area is 64.6 Å². The van der Waals surface area contributed by atoms with E-state index in [9.17, 15) is 9.59 Å². The monoisotopic (exact) mass is 151 g/mol. The molecule has 3 heteroatoms. The number of aryl methyl sites for hydroxylation is 1. The first-order valence-electron chi connectivity index (χ1n) is 3.29. The molecule has 1 aromatic heterocycles. The second-order valence-electron chi connectivity index (χ2n) is 2.39. The van der Waals surface area contributed by atoms with E-state index in [0.717, 1.165) is 0 Å². The Balaban J connectivity index is 3.02. The van der Waals surface area contributed by atoms with Crippen LogP contribution in [-0.2, 0) is 11.8 Å². The molecule has 1 heterocycles. The van der Waals surface area contributed by atoms with Crippen LogP contribution in [0.3, 0.4) is 0 Å². The zero-order chi connectivity index (χ0) is 8.43. The average Bonchev–Trinajstić information content (AvgIpc) is 2.33. The Morgan fingerprint density at radius 1 is 1.45 bits per heavy atom. The van der Waals surface area contributed by atoms with E-state index < -0.39 is 11.6 Å². The lowest BCUT2D eigenvalue weighted by molar-refractivity contribution is -0.113. The number of carbonyl (C=O) groups excluding carboxylic acids is 2. The molecule has 0 saturated carbocycles. The molecule has 0 amide bonds. The number of nitrogens with zero attached hydrogens (tertiary/aromatic N) is 1. The predicted octanol–water partition coefficient (Wildman–Crippen LogP) is 0.797. The Morgan fingerprint density at radius 2 is 2.09 bits per heavy atom. The van der Waals surface area contributed by atoms with E-state index in [1.807, 2.05) is 0 Å². The quantitative estimate of drug-likeness (QED) is 0.463. The van der Waals surface area contributed by atoms with Gasteiger partial charge in [0, 0.05) is 20.2 Å². The summed E-state index contributed by atoms with van der Waals surface area (Å²) in [6.45, 7) is 1.27. The predicted molar refractivity (Wildman–Crippen MR) is 40.4 cm³/mol. The molecule has 0 aromatic carbocycles. The minimum Gasteiger partial charge on any atom is -0.348 e. The van der Waals surface area contributed by atoms with Gasteiger partial charge in [-0.15, -0.1) is 0 Å². The van der Waals surface area contributed by atoms with Crippen LogP contribution in [0.4, 0.5) is 0 Å². The maximum atomic E-state index is 11.1. The van der Waals surface area contributed by atoms with Crippen LogP contribution in [0.1, 0.15) is 17.4 Å². The Morgan fingerprint density at radius 3 is 2.45 bits per heavy atom. The molecule has 0 aliphatic heterocycles. The summed E-state index contributed by atoms with van der Waals surface area (Å²) in [5.41, 5.74) is 0.442. The van der Waals surface area contributed by atoms with Gasteiger partial charge in [0.25, 0.3) is 0 Å². The minimum atomic E-state index is -0.433. The van der Waals surface area contributed by atoms with Gasteiger partial charge < -0.3 is 4.57 Å². The van der Waals surface area contributed by atoms with Crippen molar-refractivity contribution in [2.24, 2.45) is 7.05 Å². The Kier molecular flexibility index (Phi) is 1.89. The van der Waals surface area contributed by atoms with E-state index in [-0.39, 0.29) is 0 Å². The zero-order valence-electron chi connectivity index (χ0n) is 6.50. The number of ketones is 2. The maximum absolute atomic E-state index is 11.1. The van der Waals surface area contributed by atoms with Crippen molar-refractivity contribution in [1.29, 1.82) is 0 Å². The topological polar surface area (TPSA) is 39.1 Å². The van der Waals surface area contributed by atoms with Gasteiger partial charge in [0.15, 0.2) is 0 Å². The van der Waals surface area contributed by atoms with Crippen molar-refractivity contribution in [3.8, 4) is 0 Å². The van der Waals surface area contributed by atoms with Gasteiger partial charge in [-0.05, 0) is 12.1 Å². The van der Waals surface area contributed by atoms with Crippen molar-refractivity contribution < 1.29 is 9.59 Å². The third kappa shape index (κ3) is 1.37. The fourth-order valence-electron chi connectivity index (χ4n) is 0.877. The summed E-state index contributed by atoms with van der Waals surface area (Å²) in [5, 5.41) is 0. The third-order valence-corrected chi connectivity index (χ3v) is 1.50. The smallest absolute Gasteiger partial charge is 0.244 e. The highest BCUT2D eigenvalue weighted by atomic mass is 16.2. The van der Waals surface area contributed by atoms with Crippen molar-refractivity contribution in [3.63, 3.8) is 0 Å². The van der Waals surface area contributed by atoms with Crippen LogP contribution in [0.25, 0.3) is 0 Å². The van der Waals surface area contributed by atoms with Crippen LogP contribution >= 0.6 is 0 Å². The molecule has 1 rings (SSSR count). The number of hydrogen-bond acceptors (Lipinski definition) is 2. The van der Waals surface area contributed by atoms with Gasteiger partial charge in [0.1, 0.15) is 0 Å². The molecule has 0 radical (unpaired) electrons. The molecule has 0 N–H and O–H groups in total. The molecule has 0 aliphatic carbocycles. The molecular weight excluding hydrogens is 142 g/mol. The molecule has 1 aromatic rings. The molecule has 58 valence electrons. The molecular formula is C8H9NO2. The van der Waals surface area contributed by atoms with Crippen LogP contribution in [0, 0.1) is 0 Å². The van der Waals surface area contributed by atoms with Gasteiger partial charge in [-0.25, -0.2) is 0 Å². The average molecular weight is 151 g/mol. The van der Waals surface area contributed by atoms with Crippen LogP contribution in [-0.4, -0.2) is 16.1 Å². The third-order valence-electron chi connectivity index (χ3n) is 1.50. The first-order valence-corrected chi connectivity index (χ1v) is 3.29. The summed E-state index contributed by atoms with van der Waals surface area (Å²) in [4.78, 5) is 21.7. The summed E-state index contributed by atoms with van der Waals surface area (Å²) in [7, 11) is 1.73. The lowest BCUT2D eigenvalue weighted by Crippen LogP contribution is -2.13. The van der Waals surface area contributed by atoms with Crippen LogP contribution in [0.15, 0.2) is 18.3 Å². The Bertz CT molecular complexity index is 299. The molecule has 0 atom stereocenters. The minimum absolute atomic E-state index is 0.424. The number of aromatic nitrogens is 1. The van der Waals surface area contributed by atoms with E-state index in [1.54, 1.807) is 29.9 Å². The largest absolute Gasteiger partial charge is 0.348 e. The molecule has 0 unspecified atom stereocenters. The highest BCUT2D eigenvalue weighted by Gasteiger charge is 2.12. The molecule has 0 fully saturated rings. The molecule has 11 heavy (non-hydrogen) atoms. The zero-order valence-corrected chi connectivity index (χ0v) is 6.50. The lowest BCUT2D eigenvalue weighted by atomic mass is 10.2. The van der Waals surface area contributed by atoms with Gasteiger partial charge in [-0.2, -0.15) is 0 Å². The van der Waals surface area contributed by atoms with Crippen molar-refractivity contribution in [2.75, 3.05) is 0 Å². The van der Waals surface area contributed by atoms with Crippen molar-refractivity contribution in [3.05, 3.63) is 24.0 Å². The van der Waals surface area contributed by atoms with Gasteiger partial charge in [-0.1, -0.05) is 0 Å². The SMILES string of the molecule is CC(=O)C(=O)c1cccn1C. The van der Waals surface area contributed by atoms with E-state index in [4.69, 9.17) is 0 Å². The van der Waals surface area contributed by atoms with Gasteiger partial charge in [0.2, 0.25) is 11.6 Å². The first-order chi connectivity index (χ1) is 5.13. The van der Waals surface area contributed by atoms with E-state index in [0.29, 0.717) is 5.69 Å². The Hall–Kier alpha value is -1.38. The lowest BCUT2D eigenvalue weighted by Gasteiger charge is -1.96. The van der Waals surface area contributed by atoms with Crippen molar-refractivity contribution >= 4 is 11.6 Å². The number of carbonyl (C=O) groups is 2. The highest BCUT2D eigenvalue weighted by molar-refractivity contribution is 6.42. The normalized spacial score (nSPS) is 9.64. The molecule has 0 aliphatic rings. The van der Waals surface area contributed by atoms with E-state index in [2.05, 4.69) is 0 Å². The summed E-state index contributed by atoms with van der Waals surface area (Å²) in [6, 6.07) is 3.36. The standard InChI is InChI=1S/C8H9NO2/c1-6(10)8(11)7-4-3-5-9(7)2/h3-5H,1-2H3. The maximum Gasteiger partial charge on any atom is 0.244 e. The molecule has 3 nitrogen and oxygen atoms in total. The fourth-order valence-corrected chi connectivity index (χ4v) is 0.877. The van der Waals surface area contributed by atoms with E-state index in [1.165, 1.54) is 6.92 Å². The number of rotatable bonds is 2. The van der Waals surface area contributed by atoms with Crippen LogP contribution in [0.2, 0.25) is 0 Å². The van der Waals surface area contributed by atoms with Crippen molar-refractivity contribution in [2.45, 2.75) is 6.92 Å². The van der Waals surface area contributed by atoms with Gasteiger partial charge in [0.05, 0.1) is 5.69 Å². The van der Waals surface area contributed by atoms with Crippen LogP contribution < -0.4 is 0 Å². The summed E-state index contributed by atoms with van der Waals surface area (Å²) in [6.07, 6.45) is 1.73. The first kappa shape index (κ1) is 7.72. The second-order valence-corrected chi connectivity index (χ2v) is 2.39. The van der Waals surface area contributed by atoms with E-state index >= 15 is 0 Å².